The first-order valence-corrected chi connectivity index (χ1v) is 8.01. The van der Waals surface area contributed by atoms with Crippen LogP contribution < -0.4 is 16.4 Å². The SMILES string of the molecule is Nc1c(Nc2cccc(Cl)c2)ncnc1Nc1cc(Cl)cc(Cl)c1. The van der Waals surface area contributed by atoms with Gasteiger partial charge in [-0.3, -0.25) is 0 Å². The van der Waals surface area contributed by atoms with E-state index in [4.69, 9.17) is 40.5 Å². The Morgan fingerprint density at radius 3 is 1.96 bits per heavy atom. The molecular formula is C16H12Cl3N5. The molecule has 0 aliphatic heterocycles. The molecule has 0 saturated heterocycles. The highest BCUT2D eigenvalue weighted by Crippen LogP contribution is 2.30. The number of hydrogen-bond acceptors (Lipinski definition) is 5. The molecule has 0 bridgehead atoms. The van der Waals surface area contributed by atoms with E-state index >= 15 is 0 Å². The summed E-state index contributed by atoms with van der Waals surface area (Å²) in [6.45, 7) is 0. The third kappa shape index (κ3) is 4.00. The zero-order chi connectivity index (χ0) is 17.1. The zero-order valence-corrected chi connectivity index (χ0v) is 14.5. The lowest BCUT2D eigenvalue weighted by Gasteiger charge is -2.13. The van der Waals surface area contributed by atoms with Crippen LogP contribution in [0.15, 0.2) is 48.8 Å². The van der Waals surface area contributed by atoms with Gasteiger partial charge in [-0.25, -0.2) is 9.97 Å². The molecule has 0 fully saturated rings. The van der Waals surface area contributed by atoms with Crippen molar-refractivity contribution < 1.29 is 0 Å². The molecule has 5 nitrogen and oxygen atoms in total. The predicted octanol–water partition coefficient (Wildman–Crippen LogP) is 5.51. The number of benzene rings is 2. The van der Waals surface area contributed by atoms with Gasteiger partial charge in [-0.2, -0.15) is 0 Å². The molecule has 1 heterocycles. The first-order chi connectivity index (χ1) is 11.5. The van der Waals surface area contributed by atoms with Gasteiger partial charge in [0.25, 0.3) is 0 Å². The molecule has 3 rings (SSSR count). The lowest BCUT2D eigenvalue weighted by Crippen LogP contribution is -2.05. The Balaban J connectivity index is 1.88. The van der Waals surface area contributed by atoms with Crippen LogP contribution in [0.5, 0.6) is 0 Å². The molecule has 0 aliphatic carbocycles. The second-order valence-electron chi connectivity index (χ2n) is 4.90. The maximum absolute atomic E-state index is 6.14. The Kier molecular flexibility index (Phi) is 4.94. The van der Waals surface area contributed by atoms with Crippen LogP contribution in [0.2, 0.25) is 15.1 Å². The second-order valence-corrected chi connectivity index (χ2v) is 6.21. The Morgan fingerprint density at radius 1 is 0.750 bits per heavy atom. The van der Waals surface area contributed by atoms with Crippen molar-refractivity contribution in [2.75, 3.05) is 16.4 Å². The molecule has 1 aromatic heterocycles. The van der Waals surface area contributed by atoms with Gasteiger partial charge in [-0.15, -0.1) is 0 Å². The minimum absolute atomic E-state index is 0.355. The molecule has 0 radical (unpaired) electrons. The van der Waals surface area contributed by atoms with E-state index in [1.807, 2.05) is 12.1 Å². The van der Waals surface area contributed by atoms with Gasteiger partial charge in [0, 0.05) is 26.4 Å². The van der Waals surface area contributed by atoms with Crippen molar-refractivity contribution in [3.63, 3.8) is 0 Å². The predicted molar refractivity (Wildman–Crippen MR) is 101 cm³/mol. The van der Waals surface area contributed by atoms with Crippen molar-refractivity contribution in [3.05, 3.63) is 63.9 Å². The molecule has 0 amide bonds. The fourth-order valence-corrected chi connectivity index (χ4v) is 2.78. The summed E-state index contributed by atoms with van der Waals surface area (Å²) in [5.41, 5.74) is 7.94. The molecule has 2 aromatic carbocycles. The quantitative estimate of drug-likeness (QED) is 0.556. The molecule has 0 spiro atoms. The second kappa shape index (κ2) is 7.13. The number of hydrogen-bond donors (Lipinski definition) is 3. The van der Waals surface area contributed by atoms with Gasteiger partial charge in [0.1, 0.15) is 12.0 Å². The number of nitrogen functional groups attached to an aromatic ring is 1. The van der Waals surface area contributed by atoms with Crippen molar-refractivity contribution in [2.45, 2.75) is 0 Å². The minimum Gasteiger partial charge on any atom is -0.393 e. The van der Waals surface area contributed by atoms with E-state index in [0.29, 0.717) is 38.1 Å². The number of anilines is 5. The van der Waals surface area contributed by atoms with E-state index in [9.17, 15) is 0 Å². The topological polar surface area (TPSA) is 75.9 Å². The Morgan fingerprint density at radius 2 is 1.33 bits per heavy atom. The number of nitrogens with zero attached hydrogens (tertiary/aromatic N) is 2. The highest BCUT2D eigenvalue weighted by atomic mass is 35.5. The maximum atomic E-state index is 6.14. The van der Waals surface area contributed by atoms with E-state index < -0.39 is 0 Å². The van der Waals surface area contributed by atoms with Crippen LogP contribution in [0.1, 0.15) is 0 Å². The summed E-state index contributed by atoms with van der Waals surface area (Å²) in [5, 5.41) is 7.82. The lowest BCUT2D eigenvalue weighted by atomic mass is 10.3. The van der Waals surface area contributed by atoms with Crippen molar-refractivity contribution >= 4 is 63.5 Å². The summed E-state index contributed by atoms with van der Waals surface area (Å²) in [6.07, 6.45) is 1.40. The van der Waals surface area contributed by atoms with Crippen LogP contribution in [-0.4, -0.2) is 9.97 Å². The molecule has 0 unspecified atom stereocenters. The fraction of sp³-hybridized carbons (Fsp3) is 0. The van der Waals surface area contributed by atoms with Crippen LogP contribution in [-0.2, 0) is 0 Å². The van der Waals surface area contributed by atoms with Gasteiger partial charge >= 0.3 is 0 Å². The number of halogens is 3. The summed E-state index contributed by atoms with van der Waals surface area (Å²) >= 11 is 18.0. The molecule has 3 aromatic rings. The van der Waals surface area contributed by atoms with Crippen molar-refractivity contribution in [3.8, 4) is 0 Å². The smallest absolute Gasteiger partial charge is 0.159 e. The van der Waals surface area contributed by atoms with Gasteiger partial charge in [0.05, 0.1) is 0 Å². The van der Waals surface area contributed by atoms with E-state index in [1.165, 1.54) is 6.33 Å². The maximum Gasteiger partial charge on any atom is 0.159 e. The summed E-state index contributed by atoms with van der Waals surface area (Å²) in [6, 6.07) is 12.3. The van der Waals surface area contributed by atoms with Crippen LogP contribution in [0.4, 0.5) is 28.7 Å². The van der Waals surface area contributed by atoms with Crippen LogP contribution in [0, 0.1) is 0 Å². The van der Waals surface area contributed by atoms with Crippen molar-refractivity contribution in [1.82, 2.24) is 9.97 Å². The van der Waals surface area contributed by atoms with E-state index in [-0.39, 0.29) is 0 Å². The van der Waals surface area contributed by atoms with Crippen LogP contribution in [0.3, 0.4) is 0 Å². The number of rotatable bonds is 4. The molecular weight excluding hydrogens is 369 g/mol. The monoisotopic (exact) mass is 379 g/mol. The standard InChI is InChI=1S/C16H12Cl3N5/c17-9-2-1-3-12(5-9)23-15-14(20)16(22-8-21-15)24-13-6-10(18)4-11(19)7-13/h1-8H,20H2,(H2,21,22,23,24). The van der Waals surface area contributed by atoms with E-state index in [2.05, 4.69) is 20.6 Å². The van der Waals surface area contributed by atoms with Crippen LogP contribution in [0.25, 0.3) is 0 Å². The van der Waals surface area contributed by atoms with Crippen molar-refractivity contribution in [1.29, 1.82) is 0 Å². The Hall–Kier alpha value is -2.21. The van der Waals surface area contributed by atoms with E-state index in [0.717, 1.165) is 5.69 Å². The molecule has 0 saturated carbocycles. The molecule has 122 valence electrons. The average molecular weight is 381 g/mol. The highest BCUT2D eigenvalue weighted by Gasteiger charge is 2.09. The largest absolute Gasteiger partial charge is 0.393 e. The lowest BCUT2D eigenvalue weighted by molar-refractivity contribution is 1.17. The molecule has 0 atom stereocenters. The summed E-state index contributed by atoms with van der Waals surface area (Å²) in [7, 11) is 0. The van der Waals surface area contributed by atoms with E-state index in [1.54, 1.807) is 30.3 Å². The number of nitrogens with one attached hydrogen (secondary N) is 2. The van der Waals surface area contributed by atoms with Crippen LogP contribution >= 0.6 is 34.8 Å². The van der Waals surface area contributed by atoms with Gasteiger partial charge in [-0.1, -0.05) is 40.9 Å². The first kappa shape index (κ1) is 16.6. The van der Waals surface area contributed by atoms with Gasteiger partial charge in [-0.05, 0) is 36.4 Å². The molecule has 4 N–H and O–H groups in total. The Labute approximate surface area is 153 Å². The summed E-state index contributed by atoms with van der Waals surface area (Å²) < 4.78 is 0. The minimum atomic E-state index is 0.355. The third-order valence-corrected chi connectivity index (χ3v) is 3.77. The molecule has 24 heavy (non-hydrogen) atoms. The first-order valence-electron chi connectivity index (χ1n) is 6.87. The van der Waals surface area contributed by atoms with Gasteiger partial charge < -0.3 is 16.4 Å². The Bertz CT molecular complexity index is 865. The summed E-state index contributed by atoms with van der Waals surface area (Å²) in [4.78, 5) is 8.31. The fourth-order valence-electron chi connectivity index (χ4n) is 2.06. The number of nitrogens with two attached hydrogens (primary N) is 1. The molecule has 8 heteroatoms. The number of aromatic nitrogens is 2. The normalized spacial score (nSPS) is 10.5. The zero-order valence-electron chi connectivity index (χ0n) is 12.2. The van der Waals surface area contributed by atoms with Gasteiger partial charge in [0.2, 0.25) is 0 Å². The van der Waals surface area contributed by atoms with Crippen molar-refractivity contribution in [2.24, 2.45) is 0 Å². The summed E-state index contributed by atoms with van der Waals surface area (Å²) in [5.74, 6) is 0.899. The van der Waals surface area contributed by atoms with Gasteiger partial charge in [0.15, 0.2) is 11.6 Å². The molecule has 0 aliphatic rings. The highest BCUT2D eigenvalue weighted by molar-refractivity contribution is 6.35. The third-order valence-electron chi connectivity index (χ3n) is 3.10. The average Bonchev–Trinajstić information content (AvgIpc) is 2.50.